The van der Waals surface area contributed by atoms with Crippen molar-refractivity contribution in [2.45, 2.75) is 70.0 Å². The molecule has 1 fully saturated rings. The fraction of sp³-hybridized carbons (Fsp3) is 0.406. The third-order valence-corrected chi connectivity index (χ3v) is 8.38. The summed E-state index contributed by atoms with van der Waals surface area (Å²) in [4.78, 5) is 20.3. The molecular weight excluding hydrogens is 569 g/mol. The van der Waals surface area contributed by atoms with Crippen LogP contribution in [0.5, 0.6) is 0 Å². The summed E-state index contributed by atoms with van der Waals surface area (Å²) in [6.45, 7) is 2.46. The summed E-state index contributed by atoms with van der Waals surface area (Å²) in [5.74, 6) is -0.0609. The molecule has 0 amide bonds. The van der Waals surface area contributed by atoms with Gasteiger partial charge < -0.3 is 26.5 Å². The Morgan fingerprint density at radius 2 is 2.07 bits per heavy atom. The lowest BCUT2D eigenvalue weighted by molar-refractivity contribution is 0.258. The SMILES string of the molecule is CC(=N)NCC[C@@H]1CCC[C@@H](c2ccc(-n3cc4cc(-c5cc(CCCC(N)CO)cc(Cl)c5F)[nH]c4nc3=O)cc2)N1. The van der Waals surface area contributed by atoms with Crippen LogP contribution in [0.1, 0.15) is 62.6 Å². The molecule has 1 saturated heterocycles. The molecule has 11 heteroatoms. The maximum absolute atomic E-state index is 15.1. The third-order valence-electron chi connectivity index (χ3n) is 8.10. The summed E-state index contributed by atoms with van der Waals surface area (Å²) in [5, 5.41) is 24.2. The Balaban J connectivity index is 1.34. The van der Waals surface area contributed by atoms with E-state index in [1.54, 1.807) is 31.3 Å². The van der Waals surface area contributed by atoms with Crippen molar-refractivity contribution in [3.8, 4) is 16.9 Å². The number of aliphatic hydroxyl groups excluding tert-OH is 1. The summed E-state index contributed by atoms with van der Waals surface area (Å²) in [6, 6.07) is 13.4. The van der Waals surface area contributed by atoms with Crippen LogP contribution in [0.3, 0.4) is 0 Å². The van der Waals surface area contributed by atoms with Crippen molar-refractivity contribution < 1.29 is 9.50 Å². The van der Waals surface area contributed by atoms with E-state index in [4.69, 9.17) is 27.9 Å². The number of aromatic nitrogens is 3. The fourth-order valence-electron chi connectivity index (χ4n) is 5.78. The largest absolute Gasteiger partial charge is 0.395 e. The Kier molecular flexibility index (Phi) is 9.92. The van der Waals surface area contributed by atoms with Gasteiger partial charge in [-0.1, -0.05) is 30.2 Å². The lowest BCUT2D eigenvalue weighted by atomic mass is 9.92. The first-order valence-electron chi connectivity index (χ1n) is 14.8. The summed E-state index contributed by atoms with van der Waals surface area (Å²) >= 11 is 6.24. The van der Waals surface area contributed by atoms with Crippen LogP contribution in [0.15, 0.2) is 53.5 Å². The van der Waals surface area contributed by atoms with Crippen LogP contribution in [0.25, 0.3) is 28.0 Å². The molecule has 0 bridgehead atoms. The molecule has 0 saturated carbocycles. The molecule has 7 N–H and O–H groups in total. The van der Waals surface area contributed by atoms with Crippen molar-refractivity contribution in [3.63, 3.8) is 0 Å². The third kappa shape index (κ3) is 7.51. The molecule has 43 heavy (non-hydrogen) atoms. The molecule has 228 valence electrons. The molecule has 3 heterocycles. The van der Waals surface area contributed by atoms with E-state index in [-0.39, 0.29) is 23.7 Å². The van der Waals surface area contributed by atoms with Crippen LogP contribution in [-0.4, -0.2) is 50.7 Å². The molecule has 1 aliphatic rings. The Bertz CT molecular complexity index is 1640. The Labute approximate surface area is 255 Å². The number of piperidine rings is 1. The van der Waals surface area contributed by atoms with Gasteiger partial charge in [0.1, 0.15) is 5.65 Å². The number of amidine groups is 1. The fourth-order valence-corrected chi connectivity index (χ4v) is 6.02. The van der Waals surface area contributed by atoms with E-state index in [1.807, 2.05) is 24.3 Å². The standard InChI is InChI=1S/C32H39ClFN7O2/c1-19(35)37-13-12-24-6-3-7-28(38-24)21-8-10-25(11-9-21)41-17-22-16-29(39-31(22)40-32(41)43)26-14-20(15-27(33)30(26)34)4-2-5-23(36)18-42/h8-11,14-17,23-24,28,38,42H,2-7,12-13,18,36H2,1H3,(H2,35,37)(H,39,40,43)/t23?,24-,28-/m0/s1. The highest BCUT2D eigenvalue weighted by molar-refractivity contribution is 6.31. The van der Waals surface area contributed by atoms with E-state index in [2.05, 4.69) is 20.6 Å². The molecule has 4 aromatic rings. The average molecular weight is 608 g/mol. The zero-order valence-corrected chi connectivity index (χ0v) is 25.1. The summed E-state index contributed by atoms with van der Waals surface area (Å²) in [6.07, 6.45) is 7.99. The molecule has 0 spiro atoms. The number of aliphatic hydroxyl groups is 1. The first-order valence-corrected chi connectivity index (χ1v) is 15.2. The zero-order valence-electron chi connectivity index (χ0n) is 24.3. The average Bonchev–Trinajstić information content (AvgIpc) is 3.41. The first-order chi connectivity index (χ1) is 20.7. The van der Waals surface area contributed by atoms with E-state index in [1.165, 1.54) is 10.1 Å². The van der Waals surface area contributed by atoms with Crippen molar-refractivity contribution in [2.75, 3.05) is 13.2 Å². The Hall–Kier alpha value is -3.57. The topological polar surface area (TPSA) is 145 Å². The lowest BCUT2D eigenvalue weighted by Crippen LogP contribution is -2.39. The van der Waals surface area contributed by atoms with Crippen molar-refractivity contribution in [3.05, 3.63) is 81.1 Å². The summed E-state index contributed by atoms with van der Waals surface area (Å²) in [7, 11) is 0. The maximum Gasteiger partial charge on any atom is 0.354 e. The second-order valence-electron chi connectivity index (χ2n) is 11.4. The number of aromatic amines is 1. The van der Waals surface area contributed by atoms with Gasteiger partial charge in [-0.05, 0) is 86.9 Å². The van der Waals surface area contributed by atoms with Gasteiger partial charge in [0, 0.05) is 41.8 Å². The number of nitrogens with zero attached hydrogens (tertiary/aromatic N) is 2. The van der Waals surface area contributed by atoms with Crippen LogP contribution < -0.4 is 22.1 Å². The van der Waals surface area contributed by atoms with Crippen LogP contribution in [0.4, 0.5) is 4.39 Å². The van der Waals surface area contributed by atoms with E-state index in [9.17, 15) is 4.79 Å². The quantitative estimate of drug-likeness (QED) is 0.105. The van der Waals surface area contributed by atoms with Crippen LogP contribution in [0.2, 0.25) is 5.02 Å². The number of hydrogen-bond donors (Lipinski definition) is 6. The number of aryl methyl sites for hydroxylation is 1. The Morgan fingerprint density at radius 1 is 1.28 bits per heavy atom. The number of hydrogen-bond acceptors (Lipinski definition) is 6. The van der Waals surface area contributed by atoms with Crippen LogP contribution in [0, 0.1) is 11.2 Å². The number of nitrogens with one attached hydrogen (secondary N) is 4. The van der Waals surface area contributed by atoms with Gasteiger partial charge in [0.2, 0.25) is 0 Å². The number of H-pyrrole nitrogens is 1. The number of benzene rings is 2. The van der Waals surface area contributed by atoms with Crippen molar-refractivity contribution in [1.82, 2.24) is 25.2 Å². The second-order valence-corrected chi connectivity index (χ2v) is 11.8. The van der Waals surface area contributed by atoms with Crippen LogP contribution >= 0.6 is 11.6 Å². The lowest BCUT2D eigenvalue weighted by Gasteiger charge is -2.31. The monoisotopic (exact) mass is 607 g/mol. The second kappa shape index (κ2) is 13.8. The molecule has 1 unspecified atom stereocenters. The minimum atomic E-state index is -0.547. The number of nitrogens with two attached hydrogens (primary N) is 1. The summed E-state index contributed by atoms with van der Waals surface area (Å²) < 4.78 is 16.6. The number of fused-ring (bicyclic) bond motifs is 1. The molecule has 2 aromatic carbocycles. The Morgan fingerprint density at radius 3 is 2.81 bits per heavy atom. The molecule has 2 aromatic heterocycles. The van der Waals surface area contributed by atoms with Gasteiger partial charge in [-0.25, -0.2) is 9.18 Å². The van der Waals surface area contributed by atoms with Gasteiger partial charge in [0.15, 0.2) is 5.82 Å². The first kappa shape index (κ1) is 30.9. The number of halogens is 2. The molecule has 0 radical (unpaired) electrons. The van der Waals surface area contributed by atoms with E-state index >= 15 is 4.39 Å². The number of rotatable bonds is 11. The minimum Gasteiger partial charge on any atom is -0.395 e. The van der Waals surface area contributed by atoms with Gasteiger partial charge in [-0.3, -0.25) is 9.98 Å². The van der Waals surface area contributed by atoms with Crippen molar-refractivity contribution in [1.29, 1.82) is 5.41 Å². The predicted octanol–water partition coefficient (Wildman–Crippen LogP) is 4.98. The highest BCUT2D eigenvalue weighted by atomic mass is 35.5. The molecule has 3 atom stereocenters. The van der Waals surface area contributed by atoms with Gasteiger partial charge in [-0.15, -0.1) is 0 Å². The van der Waals surface area contributed by atoms with Crippen molar-refractivity contribution >= 4 is 28.5 Å². The van der Waals surface area contributed by atoms with E-state index in [0.29, 0.717) is 52.7 Å². The van der Waals surface area contributed by atoms with Gasteiger partial charge >= 0.3 is 5.69 Å². The van der Waals surface area contributed by atoms with Crippen molar-refractivity contribution in [2.24, 2.45) is 5.73 Å². The normalized spacial score (nSPS) is 17.7. The van der Waals surface area contributed by atoms with Gasteiger partial charge in [0.05, 0.1) is 28.8 Å². The maximum atomic E-state index is 15.1. The highest BCUT2D eigenvalue weighted by Crippen LogP contribution is 2.32. The van der Waals surface area contributed by atoms with Gasteiger partial charge in [0.25, 0.3) is 0 Å². The molecular formula is C32H39ClFN7O2. The van der Waals surface area contributed by atoms with Crippen LogP contribution in [-0.2, 0) is 6.42 Å². The molecule has 0 aliphatic carbocycles. The van der Waals surface area contributed by atoms with E-state index < -0.39 is 11.5 Å². The van der Waals surface area contributed by atoms with Gasteiger partial charge in [-0.2, -0.15) is 4.98 Å². The smallest absolute Gasteiger partial charge is 0.354 e. The summed E-state index contributed by atoms with van der Waals surface area (Å²) in [5.41, 5.74) is 9.24. The molecule has 9 nitrogen and oxygen atoms in total. The highest BCUT2D eigenvalue weighted by Gasteiger charge is 2.22. The van der Waals surface area contributed by atoms with E-state index in [0.717, 1.165) is 44.2 Å². The zero-order chi connectivity index (χ0) is 30.5. The minimum absolute atomic E-state index is 0.0159. The predicted molar refractivity (Wildman–Crippen MR) is 170 cm³/mol. The molecule has 1 aliphatic heterocycles. The molecule has 5 rings (SSSR count).